The molecule has 0 aliphatic carbocycles. The van der Waals surface area contributed by atoms with Gasteiger partial charge in [0.05, 0.1) is 0 Å². The highest BCUT2D eigenvalue weighted by molar-refractivity contribution is 5.93. The van der Waals surface area contributed by atoms with E-state index in [0.29, 0.717) is 5.69 Å². The Morgan fingerprint density at radius 2 is 1.68 bits per heavy atom. The van der Waals surface area contributed by atoms with Crippen LogP contribution in [0, 0.1) is 0 Å². The molecule has 1 N–H and O–H groups in total. The Labute approximate surface area is 150 Å². The SMILES string of the molecule is CC(C)(C)c1ccc(Nc2ccnc(C(=O)N3CCCCC3)c2)cc1. The molecule has 1 saturated heterocycles. The van der Waals surface area contributed by atoms with E-state index in [4.69, 9.17) is 0 Å². The normalized spacial score (nSPS) is 15.1. The minimum absolute atomic E-state index is 0.0337. The average Bonchev–Trinajstić information content (AvgIpc) is 2.62. The number of amides is 1. The zero-order chi connectivity index (χ0) is 17.9. The molecule has 0 unspecified atom stereocenters. The largest absolute Gasteiger partial charge is 0.355 e. The van der Waals surface area contributed by atoms with Crippen LogP contribution in [0.25, 0.3) is 0 Å². The number of aromatic nitrogens is 1. The molecule has 0 radical (unpaired) electrons. The summed E-state index contributed by atoms with van der Waals surface area (Å²) in [5.74, 6) is 0.0337. The van der Waals surface area contributed by atoms with E-state index in [9.17, 15) is 4.79 Å². The maximum Gasteiger partial charge on any atom is 0.272 e. The fraction of sp³-hybridized carbons (Fsp3) is 0.429. The van der Waals surface area contributed by atoms with E-state index in [1.165, 1.54) is 12.0 Å². The molecule has 1 aliphatic heterocycles. The number of hydrogen-bond donors (Lipinski definition) is 1. The number of carbonyl (C=O) groups is 1. The topological polar surface area (TPSA) is 45.2 Å². The van der Waals surface area contributed by atoms with E-state index in [1.807, 2.05) is 17.0 Å². The lowest BCUT2D eigenvalue weighted by Gasteiger charge is -2.26. The number of rotatable bonds is 3. The molecule has 1 aliphatic rings. The van der Waals surface area contributed by atoms with E-state index in [2.05, 4.69) is 55.3 Å². The maximum atomic E-state index is 12.6. The first kappa shape index (κ1) is 17.5. The molecule has 25 heavy (non-hydrogen) atoms. The minimum atomic E-state index is 0.0337. The summed E-state index contributed by atoms with van der Waals surface area (Å²) < 4.78 is 0. The highest BCUT2D eigenvalue weighted by atomic mass is 16.2. The van der Waals surface area contributed by atoms with Crippen LogP contribution in [0.1, 0.15) is 56.1 Å². The Morgan fingerprint density at radius 1 is 1.00 bits per heavy atom. The lowest BCUT2D eigenvalue weighted by Crippen LogP contribution is -2.36. The Kier molecular flexibility index (Phi) is 5.07. The summed E-state index contributed by atoms with van der Waals surface area (Å²) in [5, 5.41) is 3.37. The quantitative estimate of drug-likeness (QED) is 0.879. The number of hydrogen-bond acceptors (Lipinski definition) is 3. The summed E-state index contributed by atoms with van der Waals surface area (Å²) in [6.45, 7) is 8.29. The van der Waals surface area contributed by atoms with Crippen LogP contribution < -0.4 is 5.32 Å². The predicted octanol–water partition coefficient (Wildman–Crippen LogP) is 4.75. The molecule has 1 fully saturated rings. The monoisotopic (exact) mass is 337 g/mol. The maximum absolute atomic E-state index is 12.6. The van der Waals surface area contributed by atoms with Crippen LogP contribution in [0.2, 0.25) is 0 Å². The first-order valence-electron chi connectivity index (χ1n) is 9.06. The van der Waals surface area contributed by atoms with Crippen molar-refractivity contribution in [3.8, 4) is 0 Å². The molecule has 1 aromatic heterocycles. The van der Waals surface area contributed by atoms with Gasteiger partial charge in [-0.1, -0.05) is 32.9 Å². The zero-order valence-electron chi connectivity index (χ0n) is 15.4. The lowest BCUT2D eigenvalue weighted by molar-refractivity contribution is 0.0718. The summed E-state index contributed by atoms with van der Waals surface area (Å²) in [6.07, 6.45) is 5.08. The zero-order valence-corrected chi connectivity index (χ0v) is 15.4. The van der Waals surface area contributed by atoms with Crippen molar-refractivity contribution in [2.45, 2.75) is 45.4 Å². The van der Waals surface area contributed by atoms with Crippen LogP contribution in [0.15, 0.2) is 42.6 Å². The van der Waals surface area contributed by atoms with Gasteiger partial charge in [-0.05, 0) is 54.5 Å². The van der Waals surface area contributed by atoms with Crippen molar-refractivity contribution in [2.75, 3.05) is 18.4 Å². The molecular weight excluding hydrogens is 310 g/mol. The van der Waals surface area contributed by atoms with Crippen molar-refractivity contribution >= 4 is 17.3 Å². The number of nitrogens with one attached hydrogen (secondary N) is 1. The van der Waals surface area contributed by atoms with Gasteiger partial charge in [0.2, 0.25) is 0 Å². The number of benzene rings is 1. The van der Waals surface area contributed by atoms with Gasteiger partial charge in [-0.25, -0.2) is 0 Å². The molecule has 1 aromatic carbocycles. The van der Waals surface area contributed by atoms with E-state index >= 15 is 0 Å². The second kappa shape index (κ2) is 7.26. The molecule has 132 valence electrons. The van der Waals surface area contributed by atoms with Crippen LogP contribution in [-0.2, 0) is 5.41 Å². The second-order valence-electron chi connectivity index (χ2n) is 7.73. The third kappa shape index (κ3) is 4.38. The third-order valence-corrected chi connectivity index (χ3v) is 4.66. The van der Waals surface area contributed by atoms with Gasteiger partial charge in [-0.3, -0.25) is 9.78 Å². The standard InChI is InChI=1S/C21H27N3O/c1-21(2,3)16-7-9-17(10-8-16)23-18-11-12-22-19(15-18)20(25)24-13-5-4-6-14-24/h7-12,15H,4-6,13-14H2,1-3H3,(H,22,23). The molecule has 1 amide bonds. The van der Waals surface area contributed by atoms with E-state index < -0.39 is 0 Å². The van der Waals surface area contributed by atoms with E-state index in [0.717, 1.165) is 37.3 Å². The molecule has 0 saturated carbocycles. The molecule has 2 aromatic rings. The second-order valence-corrected chi connectivity index (χ2v) is 7.73. The summed E-state index contributed by atoms with van der Waals surface area (Å²) in [7, 11) is 0. The van der Waals surface area contributed by atoms with Crippen LogP contribution in [-0.4, -0.2) is 28.9 Å². The number of nitrogens with zero attached hydrogens (tertiary/aromatic N) is 2. The smallest absolute Gasteiger partial charge is 0.272 e. The Bertz CT molecular complexity index is 726. The number of anilines is 2. The number of pyridine rings is 1. The summed E-state index contributed by atoms with van der Waals surface area (Å²) >= 11 is 0. The average molecular weight is 337 g/mol. The molecule has 0 atom stereocenters. The minimum Gasteiger partial charge on any atom is -0.355 e. The van der Waals surface area contributed by atoms with Gasteiger partial charge in [0.15, 0.2) is 0 Å². The van der Waals surface area contributed by atoms with Crippen molar-refractivity contribution in [1.29, 1.82) is 0 Å². The summed E-state index contributed by atoms with van der Waals surface area (Å²) in [6, 6.07) is 12.2. The molecular formula is C21H27N3O. The van der Waals surface area contributed by atoms with Crippen LogP contribution in [0.5, 0.6) is 0 Å². The first-order valence-corrected chi connectivity index (χ1v) is 9.06. The Balaban J connectivity index is 1.72. The third-order valence-electron chi connectivity index (χ3n) is 4.66. The van der Waals surface area contributed by atoms with Crippen LogP contribution >= 0.6 is 0 Å². The molecule has 2 heterocycles. The predicted molar refractivity (Wildman–Crippen MR) is 102 cm³/mol. The van der Waals surface area contributed by atoms with Crippen molar-refractivity contribution in [3.63, 3.8) is 0 Å². The van der Waals surface area contributed by atoms with Crippen molar-refractivity contribution < 1.29 is 4.79 Å². The highest BCUT2D eigenvalue weighted by Gasteiger charge is 2.19. The number of piperidine rings is 1. The van der Waals surface area contributed by atoms with Crippen molar-refractivity contribution in [1.82, 2.24) is 9.88 Å². The van der Waals surface area contributed by atoms with Crippen molar-refractivity contribution in [3.05, 3.63) is 53.9 Å². The summed E-state index contributed by atoms with van der Waals surface area (Å²) in [5.41, 5.74) is 3.85. The van der Waals surface area contributed by atoms with Crippen LogP contribution in [0.4, 0.5) is 11.4 Å². The lowest BCUT2D eigenvalue weighted by atomic mass is 9.87. The van der Waals surface area contributed by atoms with Gasteiger partial charge < -0.3 is 10.2 Å². The van der Waals surface area contributed by atoms with Crippen LogP contribution in [0.3, 0.4) is 0 Å². The Hall–Kier alpha value is -2.36. The molecule has 4 heteroatoms. The van der Waals surface area contributed by atoms with Gasteiger partial charge in [0.1, 0.15) is 5.69 Å². The first-order chi connectivity index (χ1) is 11.9. The van der Waals surface area contributed by atoms with Gasteiger partial charge >= 0.3 is 0 Å². The highest BCUT2D eigenvalue weighted by Crippen LogP contribution is 2.25. The number of carbonyl (C=O) groups excluding carboxylic acids is 1. The van der Waals surface area contributed by atoms with E-state index in [1.54, 1.807) is 6.20 Å². The molecule has 3 rings (SSSR count). The fourth-order valence-corrected chi connectivity index (χ4v) is 3.10. The fourth-order valence-electron chi connectivity index (χ4n) is 3.10. The van der Waals surface area contributed by atoms with Gasteiger partial charge in [-0.2, -0.15) is 0 Å². The molecule has 0 bridgehead atoms. The van der Waals surface area contributed by atoms with Crippen molar-refractivity contribution in [2.24, 2.45) is 0 Å². The van der Waals surface area contributed by atoms with E-state index in [-0.39, 0.29) is 11.3 Å². The number of likely N-dealkylation sites (tertiary alicyclic amines) is 1. The van der Waals surface area contributed by atoms with Gasteiger partial charge in [0.25, 0.3) is 5.91 Å². The molecule has 4 nitrogen and oxygen atoms in total. The summed E-state index contributed by atoms with van der Waals surface area (Å²) in [4.78, 5) is 18.8. The van der Waals surface area contributed by atoms with Gasteiger partial charge in [0, 0.05) is 30.7 Å². The molecule has 0 spiro atoms. The Morgan fingerprint density at radius 3 is 2.32 bits per heavy atom. The van der Waals surface area contributed by atoms with Gasteiger partial charge in [-0.15, -0.1) is 0 Å².